The first-order valence-electron chi connectivity index (χ1n) is 5.09. The van der Waals surface area contributed by atoms with Gasteiger partial charge in [-0.15, -0.1) is 0 Å². The van der Waals surface area contributed by atoms with Crippen molar-refractivity contribution in [3.05, 3.63) is 42.1 Å². The zero-order chi connectivity index (χ0) is 12.3. The first-order valence-corrected chi connectivity index (χ1v) is 5.09. The lowest BCUT2D eigenvalue weighted by molar-refractivity contribution is 0.112. The molecule has 2 N–H and O–H groups in total. The van der Waals surface area contributed by atoms with Crippen LogP contribution in [0.15, 0.2) is 36.5 Å². The first-order chi connectivity index (χ1) is 8.24. The molecule has 0 saturated carbocycles. The molecule has 17 heavy (non-hydrogen) atoms. The predicted octanol–water partition coefficient (Wildman–Crippen LogP) is 2.15. The summed E-state index contributed by atoms with van der Waals surface area (Å²) in [6.45, 7) is 0. The molecule has 86 valence electrons. The number of rotatable bonds is 3. The van der Waals surface area contributed by atoms with Gasteiger partial charge in [0.2, 0.25) is 0 Å². The van der Waals surface area contributed by atoms with E-state index < -0.39 is 0 Å². The van der Waals surface area contributed by atoms with Crippen molar-refractivity contribution in [2.45, 2.75) is 0 Å². The van der Waals surface area contributed by atoms with Gasteiger partial charge in [-0.2, -0.15) is 0 Å². The number of ether oxygens (including phenoxy) is 1. The fourth-order valence-electron chi connectivity index (χ4n) is 1.57. The van der Waals surface area contributed by atoms with E-state index in [0.29, 0.717) is 17.1 Å². The Morgan fingerprint density at radius 3 is 2.82 bits per heavy atom. The van der Waals surface area contributed by atoms with E-state index in [1.807, 2.05) is 12.1 Å². The molecule has 0 unspecified atom stereocenters. The maximum atomic E-state index is 10.7. The summed E-state index contributed by atoms with van der Waals surface area (Å²) in [5.41, 5.74) is 8.03. The minimum Gasteiger partial charge on any atom is -0.493 e. The Labute approximate surface area is 99.1 Å². The van der Waals surface area contributed by atoms with Crippen molar-refractivity contribution in [1.29, 1.82) is 0 Å². The van der Waals surface area contributed by atoms with Gasteiger partial charge >= 0.3 is 0 Å². The Hall–Kier alpha value is -2.36. The van der Waals surface area contributed by atoms with Gasteiger partial charge < -0.3 is 10.5 Å². The number of benzene rings is 1. The van der Waals surface area contributed by atoms with Crippen LogP contribution >= 0.6 is 0 Å². The molecule has 2 rings (SSSR count). The second-order valence-corrected chi connectivity index (χ2v) is 3.55. The van der Waals surface area contributed by atoms with Crippen LogP contribution in [0.3, 0.4) is 0 Å². The number of aromatic nitrogens is 1. The molecule has 0 aliphatic rings. The highest BCUT2D eigenvalue weighted by Gasteiger charge is 2.05. The number of carbonyl (C=O) groups excluding carboxylic acids is 1. The van der Waals surface area contributed by atoms with Gasteiger partial charge in [0, 0.05) is 17.3 Å². The van der Waals surface area contributed by atoms with E-state index in [0.717, 1.165) is 17.4 Å². The van der Waals surface area contributed by atoms with Crippen LogP contribution in [0.25, 0.3) is 11.1 Å². The fourth-order valence-corrected chi connectivity index (χ4v) is 1.57. The summed E-state index contributed by atoms with van der Waals surface area (Å²) in [5, 5.41) is 0. The molecule has 4 heteroatoms. The SMILES string of the molecule is COc1cc(-c2cccc(C=O)c2)cnc1N. The number of carbonyl (C=O) groups is 1. The third-order valence-electron chi connectivity index (χ3n) is 2.46. The maximum absolute atomic E-state index is 10.7. The van der Waals surface area contributed by atoms with Crippen molar-refractivity contribution in [3.63, 3.8) is 0 Å². The van der Waals surface area contributed by atoms with Crippen molar-refractivity contribution in [2.75, 3.05) is 12.8 Å². The molecule has 0 aliphatic carbocycles. The quantitative estimate of drug-likeness (QED) is 0.817. The van der Waals surface area contributed by atoms with Crippen molar-refractivity contribution in [3.8, 4) is 16.9 Å². The average Bonchev–Trinajstić information content (AvgIpc) is 2.39. The van der Waals surface area contributed by atoms with Gasteiger partial charge in [0.25, 0.3) is 0 Å². The second-order valence-electron chi connectivity index (χ2n) is 3.55. The summed E-state index contributed by atoms with van der Waals surface area (Å²) < 4.78 is 5.11. The minimum absolute atomic E-state index is 0.350. The van der Waals surface area contributed by atoms with Crippen LogP contribution in [-0.4, -0.2) is 18.4 Å². The lowest BCUT2D eigenvalue weighted by Gasteiger charge is -2.07. The van der Waals surface area contributed by atoms with Gasteiger partial charge in [-0.25, -0.2) is 4.98 Å². The molecule has 0 amide bonds. The van der Waals surface area contributed by atoms with Crippen molar-refractivity contribution >= 4 is 12.1 Å². The molecule has 1 aromatic carbocycles. The zero-order valence-electron chi connectivity index (χ0n) is 9.38. The molecule has 4 nitrogen and oxygen atoms in total. The summed E-state index contributed by atoms with van der Waals surface area (Å²) in [7, 11) is 1.54. The lowest BCUT2D eigenvalue weighted by Crippen LogP contribution is -1.96. The molecule has 1 heterocycles. The van der Waals surface area contributed by atoms with Crippen LogP contribution in [0, 0.1) is 0 Å². The number of hydrogen-bond acceptors (Lipinski definition) is 4. The Morgan fingerprint density at radius 1 is 1.29 bits per heavy atom. The monoisotopic (exact) mass is 228 g/mol. The third-order valence-corrected chi connectivity index (χ3v) is 2.46. The number of nitrogens with two attached hydrogens (primary N) is 1. The summed E-state index contributed by atoms with van der Waals surface area (Å²) in [4.78, 5) is 14.8. The van der Waals surface area contributed by atoms with Gasteiger partial charge in [-0.05, 0) is 17.7 Å². The minimum atomic E-state index is 0.350. The number of pyridine rings is 1. The third kappa shape index (κ3) is 2.25. The van der Waals surface area contributed by atoms with Crippen LogP contribution in [-0.2, 0) is 0 Å². The van der Waals surface area contributed by atoms with Gasteiger partial charge in [-0.3, -0.25) is 4.79 Å². The van der Waals surface area contributed by atoms with E-state index in [4.69, 9.17) is 10.5 Å². The molecule has 0 fully saturated rings. The Bertz CT molecular complexity index is 553. The highest BCUT2D eigenvalue weighted by molar-refractivity contribution is 5.79. The molecule has 0 atom stereocenters. The van der Waals surface area contributed by atoms with E-state index in [1.54, 1.807) is 31.5 Å². The van der Waals surface area contributed by atoms with E-state index >= 15 is 0 Å². The van der Waals surface area contributed by atoms with Crippen molar-refractivity contribution in [2.24, 2.45) is 0 Å². The van der Waals surface area contributed by atoms with E-state index in [9.17, 15) is 4.79 Å². The van der Waals surface area contributed by atoms with Crippen LogP contribution in [0.4, 0.5) is 5.82 Å². The number of hydrogen-bond donors (Lipinski definition) is 1. The standard InChI is InChI=1S/C13H12N2O2/c1-17-12-6-11(7-15-13(12)14)10-4-2-3-9(5-10)8-16/h2-8H,1H3,(H2,14,15). The van der Waals surface area contributed by atoms with E-state index in [1.165, 1.54) is 0 Å². The second kappa shape index (κ2) is 4.65. The summed E-state index contributed by atoms with van der Waals surface area (Å²) in [5.74, 6) is 0.877. The van der Waals surface area contributed by atoms with E-state index in [2.05, 4.69) is 4.98 Å². The predicted molar refractivity (Wildman–Crippen MR) is 66.0 cm³/mol. The first kappa shape index (κ1) is 11.1. The Morgan fingerprint density at radius 2 is 2.12 bits per heavy atom. The molecule has 0 aliphatic heterocycles. The topological polar surface area (TPSA) is 65.2 Å². The maximum Gasteiger partial charge on any atom is 0.166 e. The van der Waals surface area contributed by atoms with Gasteiger partial charge in [0.15, 0.2) is 11.6 Å². The van der Waals surface area contributed by atoms with Gasteiger partial charge in [0.1, 0.15) is 6.29 Å². The van der Waals surface area contributed by atoms with Crippen LogP contribution in [0.1, 0.15) is 10.4 Å². The smallest absolute Gasteiger partial charge is 0.166 e. The fraction of sp³-hybridized carbons (Fsp3) is 0.0769. The highest BCUT2D eigenvalue weighted by Crippen LogP contribution is 2.26. The van der Waals surface area contributed by atoms with Crippen LogP contribution in [0.2, 0.25) is 0 Å². The molecule has 0 saturated heterocycles. The number of nitrogens with zero attached hydrogens (tertiary/aromatic N) is 1. The number of aldehydes is 1. The van der Waals surface area contributed by atoms with Crippen LogP contribution in [0.5, 0.6) is 5.75 Å². The number of nitrogen functional groups attached to an aromatic ring is 1. The molecule has 0 radical (unpaired) electrons. The van der Waals surface area contributed by atoms with Gasteiger partial charge in [-0.1, -0.05) is 18.2 Å². The summed E-state index contributed by atoms with van der Waals surface area (Å²) in [6, 6.07) is 9.06. The zero-order valence-corrected chi connectivity index (χ0v) is 9.38. The number of anilines is 1. The number of methoxy groups -OCH3 is 1. The van der Waals surface area contributed by atoms with Crippen molar-refractivity contribution in [1.82, 2.24) is 4.98 Å². The molecular formula is C13H12N2O2. The molecule has 1 aromatic heterocycles. The van der Waals surface area contributed by atoms with Gasteiger partial charge in [0.05, 0.1) is 7.11 Å². The summed E-state index contributed by atoms with van der Waals surface area (Å²) >= 11 is 0. The molecule has 0 bridgehead atoms. The Balaban J connectivity index is 2.48. The highest BCUT2D eigenvalue weighted by atomic mass is 16.5. The largest absolute Gasteiger partial charge is 0.493 e. The summed E-state index contributed by atoms with van der Waals surface area (Å²) in [6.07, 6.45) is 2.47. The normalized spacial score (nSPS) is 9.94. The lowest BCUT2D eigenvalue weighted by atomic mass is 10.1. The average molecular weight is 228 g/mol. The molecule has 2 aromatic rings. The Kier molecular flexibility index (Phi) is 3.05. The molecule has 0 spiro atoms. The van der Waals surface area contributed by atoms with Crippen molar-refractivity contribution < 1.29 is 9.53 Å². The van der Waals surface area contributed by atoms with Crippen LogP contribution < -0.4 is 10.5 Å². The van der Waals surface area contributed by atoms with E-state index in [-0.39, 0.29) is 0 Å². The molecular weight excluding hydrogens is 216 g/mol.